The number of piperidine rings is 1. The molecule has 1 fully saturated rings. The Morgan fingerprint density at radius 2 is 1.79 bits per heavy atom. The molecule has 3 nitrogen and oxygen atoms in total. The molecule has 1 aromatic carbocycles. The van der Waals surface area contributed by atoms with Crippen molar-refractivity contribution in [3.63, 3.8) is 0 Å². The maximum Gasteiger partial charge on any atom is 0.123 e. The van der Waals surface area contributed by atoms with Gasteiger partial charge in [-0.25, -0.2) is 4.39 Å². The molecule has 122 valence electrons. The molecule has 24 heavy (non-hydrogen) atoms. The number of nitrogens with zero attached hydrogens (tertiary/aromatic N) is 2. The van der Waals surface area contributed by atoms with Crippen molar-refractivity contribution in [1.82, 2.24) is 14.9 Å². The molecule has 4 heteroatoms. The van der Waals surface area contributed by atoms with Crippen molar-refractivity contribution in [3.05, 3.63) is 66.9 Å². The molecular formula is C20H20FN3. The molecule has 0 aliphatic carbocycles. The molecule has 0 amide bonds. The van der Waals surface area contributed by atoms with E-state index in [1.807, 2.05) is 30.6 Å². The summed E-state index contributed by atoms with van der Waals surface area (Å²) in [7, 11) is 0. The van der Waals surface area contributed by atoms with Crippen LogP contribution < -0.4 is 5.32 Å². The van der Waals surface area contributed by atoms with Gasteiger partial charge in [0.1, 0.15) is 5.82 Å². The highest BCUT2D eigenvalue weighted by atomic mass is 19.1. The summed E-state index contributed by atoms with van der Waals surface area (Å²) < 4.78 is 15.6. The van der Waals surface area contributed by atoms with Crippen LogP contribution in [0.1, 0.15) is 18.9 Å². The van der Waals surface area contributed by atoms with Crippen molar-refractivity contribution in [1.29, 1.82) is 0 Å². The van der Waals surface area contributed by atoms with Crippen LogP contribution in [0.2, 0.25) is 0 Å². The van der Waals surface area contributed by atoms with Crippen LogP contribution in [0.15, 0.2) is 61.1 Å². The largest absolute Gasteiger partial charge is 0.344 e. The lowest BCUT2D eigenvalue weighted by molar-refractivity contribution is 0.371. The minimum atomic E-state index is -0.220. The van der Waals surface area contributed by atoms with Gasteiger partial charge in [0.2, 0.25) is 0 Å². The molecule has 0 saturated carbocycles. The van der Waals surface area contributed by atoms with E-state index >= 15 is 0 Å². The summed E-state index contributed by atoms with van der Waals surface area (Å²) in [4.78, 5) is 4.28. The number of benzene rings is 1. The van der Waals surface area contributed by atoms with Crippen LogP contribution in [0.25, 0.3) is 22.4 Å². The molecule has 2 aromatic heterocycles. The Morgan fingerprint density at radius 3 is 2.58 bits per heavy atom. The monoisotopic (exact) mass is 321 g/mol. The van der Waals surface area contributed by atoms with Crippen molar-refractivity contribution >= 4 is 0 Å². The average Bonchev–Trinajstić information content (AvgIpc) is 3.13. The van der Waals surface area contributed by atoms with Gasteiger partial charge in [0.15, 0.2) is 0 Å². The number of nitrogens with one attached hydrogen (secondary N) is 1. The standard InChI is InChI=1S/C20H20FN3/c21-16-5-3-15(4-6-16)19-14-23-12-9-18(19)20-2-1-13-24(20)17-7-10-22-11-8-17/h1-6,9,12-14,17,22H,7-8,10-11H2. The maximum atomic E-state index is 13.3. The van der Waals surface area contributed by atoms with E-state index in [1.54, 1.807) is 0 Å². The molecule has 1 N–H and O–H groups in total. The molecule has 1 aliphatic rings. The molecular weight excluding hydrogens is 301 g/mol. The van der Waals surface area contributed by atoms with Crippen molar-refractivity contribution in [2.45, 2.75) is 18.9 Å². The predicted molar refractivity (Wildman–Crippen MR) is 94.2 cm³/mol. The van der Waals surface area contributed by atoms with E-state index in [9.17, 15) is 4.39 Å². The number of pyridine rings is 1. The van der Waals surface area contributed by atoms with Crippen LogP contribution in [-0.2, 0) is 0 Å². The van der Waals surface area contributed by atoms with Crippen LogP contribution in [0.3, 0.4) is 0 Å². The highest BCUT2D eigenvalue weighted by Crippen LogP contribution is 2.34. The SMILES string of the molecule is Fc1ccc(-c2cnccc2-c2cccn2C2CCNCC2)cc1. The third-order valence-electron chi connectivity index (χ3n) is 4.73. The Morgan fingerprint density at radius 1 is 1.00 bits per heavy atom. The second-order valence-electron chi connectivity index (χ2n) is 6.21. The van der Waals surface area contributed by atoms with E-state index in [0.717, 1.165) is 42.6 Å². The van der Waals surface area contributed by atoms with Crippen molar-refractivity contribution < 1.29 is 4.39 Å². The summed E-state index contributed by atoms with van der Waals surface area (Å²) in [5.74, 6) is -0.220. The summed E-state index contributed by atoms with van der Waals surface area (Å²) in [6.07, 6.45) is 8.13. The van der Waals surface area contributed by atoms with E-state index in [2.05, 4.69) is 33.2 Å². The number of aromatic nitrogens is 2. The first kappa shape index (κ1) is 15.1. The van der Waals surface area contributed by atoms with Gasteiger partial charge in [-0.15, -0.1) is 0 Å². The van der Waals surface area contributed by atoms with E-state index in [4.69, 9.17) is 0 Å². The molecule has 3 heterocycles. The smallest absolute Gasteiger partial charge is 0.123 e. The minimum absolute atomic E-state index is 0.220. The predicted octanol–water partition coefficient (Wildman–Crippen LogP) is 4.28. The Bertz CT molecular complexity index is 817. The summed E-state index contributed by atoms with van der Waals surface area (Å²) in [5, 5.41) is 3.42. The summed E-state index contributed by atoms with van der Waals surface area (Å²) >= 11 is 0. The third-order valence-corrected chi connectivity index (χ3v) is 4.73. The van der Waals surface area contributed by atoms with Crippen molar-refractivity contribution in [3.8, 4) is 22.4 Å². The van der Waals surface area contributed by atoms with Gasteiger partial charge in [0.05, 0.1) is 0 Å². The first-order valence-corrected chi connectivity index (χ1v) is 8.41. The average molecular weight is 321 g/mol. The second kappa shape index (κ2) is 6.57. The lowest BCUT2D eigenvalue weighted by Crippen LogP contribution is -2.29. The van der Waals surface area contributed by atoms with Gasteiger partial charge in [-0.3, -0.25) is 4.98 Å². The van der Waals surface area contributed by atoms with Crippen LogP contribution in [-0.4, -0.2) is 22.6 Å². The zero-order valence-electron chi connectivity index (χ0n) is 13.5. The first-order valence-electron chi connectivity index (χ1n) is 8.41. The van der Waals surface area contributed by atoms with Gasteiger partial charge >= 0.3 is 0 Å². The highest BCUT2D eigenvalue weighted by Gasteiger charge is 2.19. The van der Waals surface area contributed by atoms with Gasteiger partial charge in [-0.05, 0) is 61.8 Å². The fourth-order valence-electron chi connectivity index (χ4n) is 3.50. The minimum Gasteiger partial charge on any atom is -0.344 e. The highest BCUT2D eigenvalue weighted by molar-refractivity contribution is 5.81. The quantitative estimate of drug-likeness (QED) is 0.780. The van der Waals surface area contributed by atoms with E-state index in [1.165, 1.54) is 17.8 Å². The van der Waals surface area contributed by atoms with Crippen LogP contribution in [0, 0.1) is 5.82 Å². The normalized spacial score (nSPS) is 15.5. The Kier molecular flexibility index (Phi) is 4.13. The lowest BCUT2D eigenvalue weighted by Gasteiger charge is -2.26. The topological polar surface area (TPSA) is 29.9 Å². The number of halogens is 1. The molecule has 4 rings (SSSR count). The molecule has 1 saturated heterocycles. The van der Waals surface area contributed by atoms with Gasteiger partial charge in [0.25, 0.3) is 0 Å². The van der Waals surface area contributed by atoms with Gasteiger partial charge < -0.3 is 9.88 Å². The molecule has 0 atom stereocenters. The van der Waals surface area contributed by atoms with Crippen LogP contribution in [0.5, 0.6) is 0 Å². The Hall–Kier alpha value is -2.46. The zero-order chi connectivity index (χ0) is 16.4. The van der Waals surface area contributed by atoms with Crippen molar-refractivity contribution in [2.24, 2.45) is 0 Å². The van der Waals surface area contributed by atoms with E-state index in [-0.39, 0.29) is 5.82 Å². The maximum absolute atomic E-state index is 13.3. The molecule has 1 aliphatic heterocycles. The Balaban J connectivity index is 1.78. The lowest BCUT2D eigenvalue weighted by atomic mass is 9.99. The summed E-state index contributed by atoms with van der Waals surface area (Å²) in [6, 6.07) is 13.4. The number of rotatable bonds is 3. The zero-order valence-corrected chi connectivity index (χ0v) is 13.5. The summed E-state index contributed by atoms with van der Waals surface area (Å²) in [6.45, 7) is 2.12. The molecule has 0 unspecified atom stereocenters. The fourth-order valence-corrected chi connectivity index (χ4v) is 3.50. The van der Waals surface area contributed by atoms with Gasteiger partial charge in [-0.2, -0.15) is 0 Å². The Labute approximate surface area is 141 Å². The number of hydrogen-bond donors (Lipinski definition) is 1. The molecule has 0 radical (unpaired) electrons. The molecule has 0 bridgehead atoms. The van der Waals surface area contributed by atoms with Crippen LogP contribution in [0.4, 0.5) is 4.39 Å². The van der Waals surface area contributed by atoms with Gasteiger partial charge in [-0.1, -0.05) is 12.1 Å². The molecule has 0 spiro atoms. The van der Waals surface area contributed by atoms with Crippen molar-refractivity contribution in [2.75, 3.05) is 13.1 Å². The fraction of sp³-hybridized carbons (Fsp3) is 0.250. The third kappa shape index (κ3) is 2.85. The second-order valence-corrected chi connectivity index (χ2v) is 6.21. The molecule has 3 aromatic rings. The first-order chi connectivity index (χ1) is 11.8. The van der Waals surface area contributed by atoms with Crippen LogP contribution >= 0.6 is 0 Å². The van der Waals surface area contributed by atoms with Gasteiger partial charge in [0, 0.05) is 41.5 Å². The summed E-state index contributed by atoms with van der Waals surface area (Å²) in [5.41, 5.74) is 4.35. The van der Waals surface area contributed by atoms with E-state index in [0.29, 0.717) is 6.04 Å². The number of hydrogen-bond acceptors (Lipinski definition) is 2. The van der Waals surface area contributed by atoms with E-state index < -0.39 is 0 Å².